The van der Waals surface area contributed by atoms with Crippen LogP contribution in [0.5, 0.6) is 5.75 Å². The molecule has 4 aliphatic heterocycles. The van der Waals surface area contributed by atoms with E-state index in [1.54, 1.807) is 37.4 Å². The number of rotatable bonds is 17. The van der Waals surface area contributed by atoms with E-state index in [1.165, 1.54) is 5.56 Å². The van der Waals surface area contributed by atoms with Crippen molar-refractivity contribution in [3.8, 4) is 56.3 Å². The quantitative estimate of drug-likeness (QED) is 0.0659. The zero-order valence-electron chi connectivity index (χ0n) is 69.3. The maximum absolute atomic E-state index is 13.1. The van der Waals surface area contributed by atoms with E-state index in [1.807, 2.05) is 179 Å². The lowest BCUT2D eigenvalue weighted by atomic mass is 10.1. The van der Waals surface area contributed by atoms with Gasteiger partial charge in [-0.1, -0.05) is 71.8 Å². The van der Waals surface area contributed by atoms with Crippen molar-refractivity contribution < 1.29 is 23.9 Å². The van der Waals surface area contributed by atoms with Crippen molar-refractivity contribution in [2.75, 3.05) is 33.3 Å². The van der Waals surface area contributed by atoms with Gasteiger partial charge in [-0.25, -0.2) is 0 Å². The second-order valence-corrected chi connectivity index (χ2v) is 33.1. The van der Waals surface area contributed by atoms with E-state index >= 15 is 0 Å². The summed E-state index contributed by atoms with van der Waals surface area (Å²) in [6.07, 6.45) is 26.4. The fourth-order valence-electron chi connectivity index (χ4n) is 18.1. The van der Waals surface area contributed by atoms with Crippen molar-refractivity contribution >= 4 is 67.2 Å². The van der Waals surface area contributed by atoms with Gasteiger partial charge in [0, 0.05) is 167 Å². The normalized spacial score (nSPS) is 18.7. The van der Waals surface area contributed by atoms with Crippen molar-refractivity contribution in [3.63, 3.8) is 0 Å². The SMILES string of the molecule is COc1cccc(C(=O)N2CC(Cn3ncc4cc(-c5cn[nH]c5)ccc43)C[C@@H]2C)c1.C[C@H]1CC(Cn2ncc3cc(-c4cn[nH]c4)ccc32)CN1C(=O)c1cccc(C#N)c1.Cc1ccc(C(=O)N2CC(Cn3ncc4cc(-c5cn[nH]c5)ccc43)C[C@@H]2C)cc1.Cc1cccc(C(=O)N2CC(Cn3ncc4cc(-c5cn[nH]c5)ccc43)C[C@@H]2C)c1. The molecule has 4 N–H and O–H groups in total. The van der Waals surface area contributed by atoms with Gasteiger partial charge < -0.3 is 24.3 Å². The van der Waals surface area contributed by atoms with Crippen LogP contribution in [-0.4, -0.2) is 181 Å². The average molecular weight is 1620 g/mol. The number of ether oxygens (including phenoxy) is 1. The molecule has 4 unspecified atom stereocenters. The second kappa shape index (κ2) is 35.3. The number of benzene rings is 8. The monoisotopic (exact) mass is 1620 g/mol. The summed E-state index contributed by atoms with van der Waals surface area (Å²) in [7, 11) is 1.62. The lowest BCUT2D eigenvalue weighted by molar-refractivity contribution is 0.0734. The number of likely N-dealkylation sites (tertiary alicyclic amines) is 4. The number of aryl methyl sites for hydroxylation is 2. The topological polar surface area (TPSA) is 300 Å². The third-order valence-electron chi connectivity index (χ3n) is 24.4. The zero-order chi connectivity index (χ0) is 84.1. The van der Waals surface area contributed by atoms with E-state index in [0.29, 0.717) is 52.7 Å². The Kier molecular flexibility index (Phi) is 23.2. The first-order valence-electron chi connectivity index (χ1n) is 41.7. The van der Waals surface area contributed by atoms with Crippen LogP contribution in [0.2, 0.25) is 0 Å². The van der Waals surface area contributed by atoms with Gasteiger partial charge in [0.15, 0.2) is 0 Å². The minimum Gasteiger partial charge on any atom is -0.497 e. The molecule has 16 aromatic rings. The number of carbonyl (C=O) groups is 4. The van der Waals surface area contributed by atoms with Gasteiger partial charge >= 0.3 is 0 Å². The third kappa shape index (κ3) is 17.4. The molecule has 0 aliphatic carbocycles. The molecular weight excluding hydrogens is 1530 g/mol. The Hall–Kier alpha value is -14.4. The number of fused-ring (bicyclic) bond motifs is 4. The largest absolute Gasteiger partial charge is 0.497 e. The number of amides is 4. The molecule has 20 rings (SSSR count). The number of nitrogens with one attached hydrogen (secondary N) is 4. The van der Waals surface area contributed by atoms with Crippen molar-refractivity contribution in [1.82, 2.24) is 99.5 Å². The number of hydrogen-bond acceptors (Lipinski definition) is 14. The Balaban J connectivity index is 0.000000116. The van der Waals surface area contributed by atoms with Crippen molar-refractivity contribution in [1.29, 1.82) is 5.26 Å². The zero-order valence-corrected chi connectivity index (χ0v) is 69.3. The molecule has 0 bridgehead atoms. The van der Waals surface area contributed by atoms with E-state index in [4.69, 9.17) is 10.00 Å². The molecular formula is C96H97N21O5. The van der Waals surface area contributed by atoms with Crippen LogP contribution in [0.1, 0.15) is 112 Å². The molecule has 0 radical (unpaired) electrons. The van der Waals surface area contributed by atoms with E-state index < -0.39 is 0 Å². The van der Waals surface area contributed by atoms with Crippen LogP contribution in [-0.2, 0) is 26.2 Å². The molecule has 26 heteroatoms. The lowest BCUT2D eigenvalue weighted by Gasteiger charge is -2.21. The van der Waals surface area contributed by atoms with Gasteiger partial charge in [0.1, 0.15) is 5.75 Å². The standard InChI is InChI=1S/C24H22N6O.C24H25N5O2.2C24H25N5O/c1-16-7-18(14-29(16)24(31)20-4-2-3-17(8-20)10-25)15-30-23-6-5-19(9-21(23)13-28-30)22-11-26-27-12-22;1-16-8-17(14-28(16)24(30)19-4-3-5-22(10-19)31-2)15-29-23-7-6-18(9-20(23)13-27-29)21-11-25-26-12-21;1-16-3-5-19(6-4-16)24(30)28-14-18(9-17(28)2)15-29-23-8-7-20(10-21(23)13-27-29)22-11-25-26-12-22;1-16-4-3-5-20(8-16)24(30)28-14-18(9-17(28)2)15-29-23-7-6-19(10-21(23)13-27-29)22-11-25-26-12-22/h2-6,8-9,11-13,16,18H,7,14-15H2,1H3,(H,26,27);3-7,9-13,16-17H,8,14-15H2,1-2H3,(H,25,26);2*3-8,10-13,17-18H,9,14-15H2,1-2H3,(H,25,26)/t16-,18?;16-,17?;2*17-,18?/m0000/s1. The summed E-state index contributed by atoms with van der Waals surface area (Å²) < 4.78 is 13.5. The summed E-state index contributed by atoms with van der Waals surface area (Å²) >= 11 is 0. The number of methoxy groups -OCH3 is 1. The van der Waals surface area contributed by atoms with E-state index in [-0.39, 0.29) is 47.8 Å². The fourth-order valence-corrected chi connectivity index (χ4v) is 18.1. The average Bonchev–Trinajstić information content (AvgIpc) is 1.66. The Labute approximate surface area is 706 Å². The first-order chi connectivity index (χ1) is 59.4. The van der Waals surface area contributed by atoms with E-state index in [0.717, 1.165) is 176 Å². The van der Waals surface area contributed by atoms with Crippen LogP contribution in [0.15, 0.2) is 244 Å². The van der Waals surface area contributed by atoms with Gasteiger partial charge in [-0.05, 0) is 222 Å². The minimum atomic E-state index is -0.0119. The highest BCUT2D eigenvalue weighted by Gasteiger charge is 2.38. The first-order valence-corrected chi connectivity index (χ1v) is 41.7. The van der Waals surface area contributed by atoms with Crippen LogP contribution in [0, 0.1) is 48.9 Å². The lowest BCUT2D eigenvalue weighted by Crippen LogP contribution is -2.34. The van der Waals surface area contributed by atoms with Crippen LogP contribution in [0.4, 0.5) is 0 Å². The molecule has 12 heterocycles. The molecule has 26 nitrogen and oxygen atoms in total. The predicted octanol–water partition coefficient (Wildman–Crippen LogP) is 16.4. The van der Waals surface area contributed by atoms with Crippen LogP contribution in [0.25, 0.3) is 88.1 Å². The molecule has 0 spiro atoms. The number of H-pyrrole nitrogens is 4. The number of hydrogen-bond donors (Lipinski definition) is 4. The highest BCUT2D eigenvalue weighted by molar-refractivity contribution is 5.97. The Morgan fingerprint density at radius 3 is 1.00 bits per heavy atom. The molecule has 4 saturated heterocycles. The Morgan fingerprint density at radius 1 is 0.361 bits per heavy atom. The third-order valence-corrected chi connectivity index (χ3v) is 24.4. The Morgan fingerprint density at radius 2 is 0.680 bits per heavy atom. The van der Waals surface area contributed by atoms with Gasteiger partial charge in [-0.2, -0.15) is 46.1 Å². The highest BCUT2D eigenvalue weighted by Crippen LogP contribution is 2.36. The van der Waals surface area contributed by atoms with Crippen molar-refractivity contribution in [2.24, 2.45) is 23.7 Å². The van der Waals surface area contributed by atoms with Gasteiger partial charge in [0.2, 0.25) is 0 Å². The maximum atomic E-state index is 13.1. The molecule has 8 aromatic heterocycles. The molecule has 4 fully saturated rings. The highest BCUT2D eigenvalue weighted by atomic mass is 16.5. The molecule has 8 atom stereocenters. The maximum Gasteiger partial charge on any atom is 0.254 e. The number of nitrogens with zero attached hydrogens (tertiary/aromatic N) is 17. The summed E-state index contributed by atoms with van der Waals surface area (Å²) in [6, 6.07) is 58.3. The summed E-state index contributed by atoms with van der Waals surface area (Å²) in [5.74, 6) is 2.48. The number of aromatic nitrogens is 16. The van der Waals surface area contributed by atoms with Crippen molar-refractivity contribution in [3.05, 3.63) is 283 Å². The van der Waals surface area contributed by atoms with E-state index in [2.05, 4.69) is 182 Å². The molecule has 616 valence electrons. The molecule has 4 amide bonds. The number of aromatic amines is 4. The summed E-state index contributed by atoms with van der Waals surface area (Å²) in [5, 5.41) is 59.6. The second-order valence-electron chi connectivity index (χ2n) is 33.1. The van der Waals surface area contributed by atoms with E-state index in [9.17, 15) is 19.2 Å². The predicted molar refractivity (Wildman–Crippen MR) is 470 cm³/mol. The number of carbonyl (C=O) groups excluding carboxylic acids is 4. The van der Waals surface area contributed by atoms with Crippen LogP contribution >= 0.6 is 0 Å². The molecule has 122 heavy (non-hydrogen) atoms. The van der Waals surface area contributed by atoms with Gasteiger partial charge in [-0.3, -0.25) is 58.3 Å². The fraction of sp³-hybridized carbons (Fsp3) is 0.281. The van der Waals surface area contributed by atoms with Gasteiger partial charge in [-0.15, -0.1) is 0 Å². The van der Waals surface area contributed by atoms with Gasteiger partial charge in [0.05, 0.1) is 90.4 Å². The minimum absolute atomic E-state index is 0.0119. The van der Waals surface area contributed by atoms with Crippen molar-refractivity contribution in [2.45, 2.75) is 118 Å². The molecule has 4 aliphatic rings. The first kappa shape index (κ1) is 80.1. The summed E-state index contributed by atoms with van der Waals surface area (Å²) in [5.41, 5.74) is 18.7. The summed E-state index contributed by atoms with van der Waals surface area (Å²) in [4.78, 5) is 60.0. The molecule has 0 saturated carbocycles. The Bertz CT molecular complexity index is 6410. The van der Waals surface area contributed by atoms with Crippen LogP contribution in [0.3, 0.4) is 0 Å². The summed E-state index contributed by atoms with van der Waals surface area (Å²) in [6.45, 7) is 18.7. The smallest absolute Gasteiger partial charge is 0.254 e. The molecule has 8 aromatic carbocycles. The van der Waals surface area contributed by atoms with Crippen LogP contribution < -0.4 is 4.74 Å². The van der Waals surface area contributed by atoms with Gasteiger partial charge in [0.25, 0.3) is 23.6 Å². The number of nitriles is 1.